The summed E-state index contributed by atoms with van der Waals surface area (Å²) in [4.78, 5) is 4.36. The molecule has 1 N–H and O–H groups in total. The first-order chi connectivity index (χ1) is 10.2. The van der Waals surface area contributed by atoms with Crippen molar-refractivity contribution >= 4 is 15.9 Å². The normalized spacial score (nSPS) is 11.0. The van der Waals surface area contributed by atoms with Gasteiger partial charge < -0.3 is 14.5 Å². The van der Waals surface area contributed by atoms with Crippen LogP contribution in [-0.4, -0.2) is 31.8 Å². The van der Waals surface area contributed by atoms with E-state index in [2.05, 4.69) is 45.3 Å². The molecule has 1 aromatic heterocycles. The van der Waals surface area contributed by atoms with E-state index in [-0.39, 0.29) is 0 Å². The Morgan fingerprint density at radius 3 is 3.00 bits per heavy atom. The quantitative estimate of drug-likeness (QED) is 0.737. The molecule has 1 aromatic carbocycles. The molecule has 21 heavy (non-hydrogen) atoms. The van der Waals surface area contributed by atoms with E-state index < -0.39 is 0 Å². The zero-order chi connectivity index (χ0) is 15.1. The molecular weight excluding hydrogens is 332 g/mol. The van der Waals surface area contributed by atoms with Gasteiger partial charge in [-0.3, -0.25) is 0 Å². The first-order valence-electron chi connectivity index (χ1n) is 7.11. The zero-order valence-corrected chi connectivity index (χ0v) is 14.1. The maximum atomic E-state index is 5.84. The molecule has 0 atom stereocenters. The van der Waals surface area contributed by atoms with E-state index in [0.717, 1.165) is 54.2 Å². The average molecular weight is 353 g/mol. The molecule has 4 nitrogen and oxygen atoms in total. The number of benzene rings is 1. The Bertz CT molecular complexity index is 569. The second-order valence-corrected chi connectivity index (χ2v) is 5.80. The molecule has 0 aliphatic carbocycles. The van der Waals surface area contributed by atoms with Crippen LogP contribution in [0.5, 0.6) is 0 Å². The number of nitrogens with one attached hydrogen (secondary N) is 1. The van der Waals surface area contributed by atoms with Crippen molar-refractivity contribution < 1.29 is 9.15 Å². The highest BCUT2D eigenvalue weighted by Gasteiger charge is 2.09. The fourth-order valence-electron chi connectivity index (χ4n) is 2.04. The van der Waals surface area contributed by atoms with Gasteiger partial charge in [-0.2, -0.15) is 0 Å². The van der Waals surface area contributed by atoms with E-state index in [1.807, 2.05) is 6.07 Å². The van der Waals surface area contributed by atoms with Crippen LogP contribution in [0.3, 0.4) is 0 Å². The number of halogens is 1. The summed E-state index contributed by atoms with van der Waals surface area (Å²) in [6.07, 6.45) is 3.63. The van der Waals surface area contributed by atoms with E-state index >= 15 is 0 Å². The molecule has 2 rings (SSSR count). The van der Waals surface area contributed by atoms with Gasteiger partial charge in [-0.15, -0.1) is 0 Å². The predicted octanol–water partition coefficient (Wildman–Crippen LogP) is 3.58. The van der Waals surface area contributed by atoms with Crippen molar-refractivity contribution in [3.63, 3.8) is 0 Å². The highest BCUT2D eigenvalue weighted by molar-refractivity contribution is 9.10. The summed E-state index contributed by atoms with van der Waals surface area (Å²) in [5.74, 6) is 1.60. The number of methoxy groups -OCH3 is 1. The van der Waals surface area contributed by atoms with Crippen molar-refractivity contribution in [2.75, 3.05) is 26.8 Å². The maximum absolute atomic E-state index is 5.84. The number of rotatable bonds is 8. The van der Waals surface area contributed by atoms with Crippen molar-refractivity contribution in [1.29, 1.82) is 0 Å². The minimum absolute atomic E-state index is 0.741. The van der Waals surface area contributed by atoms with E-state index in [1.54, 1.807) is 13.3 Å². The standard InChI is InChI=1S/C16H21BrN2O2/c1-12-5-6-14(17)13(10-12)15-11-19-16(21-15)4-3-7-18-8-9-20-2/h5-6,10-11,18H,3-4,7-9H2,1-2H3. The Hall–Kier alpha value is -1.17. The van der Waals surface area contributed by atoms with Crippen molar-refractivity contribution in [3.05, 3.63) is 40.3 Å². The van der Waals surface area contributed by atoms with Crippen LogP contribution < -0.4 is 5.32 Å². The third-order valence-corrected chi connectivity index (χ3v) is 3.86. The van der Waals surface area contributed by atoms with Gasteiger partial charge in [0.05, 0.1) is 12.8 Å². The molecule has 0 saturated heterocycles. The topological polar surface area (TPSA) is 47.3 Å². The zero-order valence-electron chi connectivity index (χ0n) is 12.5. The van der Waals surface area contributed by atoms with Gasteiger partial charge in [0.25, 0.3) is 0 Å². The smallest absolute Gasteiger partial charge is 0.194 e. The molecule has 1 heterocycles. The van der Waals surface area contributed by atoms with E-state index in [4.69, 9.17) is 9.15 Å². The second kappa shape index (κ2) is 8.32. The summed E-state index contributed by atoms with van der Waals surface area (Å²) in [6.45, 7) is 4.63. The second-order valence-electron chi connectivity index (χ2n) is 4.95. The molecule has 0 aliphatic rings. The Labute approximate surface area is 134 Å². The van der Waals surface area contributed by atoms with E-state index in [1.165, 1.54) is 5.56 Å². The lowest BCUT2D eigenvalue weighted by atomic mass is 10.1. The minimum atomic E-state index is 0.741. The Morgan fingerprint density at radius 2 is 2.19 bits per heavy atom. The number of aromatic nitrogens is 1. The third-order valence-electron chi connectivity index (χ3n) is 3.17. The molecule has 0 spiro atoms. The molecular formula is C16H21BrN2O2. The largest absolute Gasteiger partial charge is 0.441 e. The van der Waals surface area contributed by atoms with E-state index in [9.17, 15) is 0 Å². The van der Waals surface area contributed by atoms with Crippen molar-refractivity contribution in [3.8, 4) is 11.3 Å². The summed E-state index contributed by atoms with van der Waals surface area (Å²) in [5.41, 5.74) is 2.25. The van der Waals surface area contributed by atoms with Gasteiger partial charge in [-0.25, -0.2) is 4.98 Å². The molecule has 114 valence electrons. The van der Waals surface area contributed by atoms with Crippen LogP contribution in [0.25, 0.3) is 11.3 Å². The lowest BCUT2D eigenvalue weighted by molar-refractivity contribution is 0.199. The van der Waals surface area contributed by atoms with Crippen molar-refractivity contribution in [1.82, 2.24) is 10.3 Å². The summed E-state index contributed by atoms with van der Waals surface area (Å²) in [5, 5.41) is 3.31. The maximum Gasteiger partial charge on any atom is 0.194 e. The first-order valence-corrected chi connectivity index (χ1v) is 7.91. The third kappa shape index (κ3) is 4.95. The number of hydrogen-bond acceptors (Lipinski definition) is 4. The van der Waals surface area contributed by atoms with Crippen LogP contribution in [0.1, 0.15) is 17.9 Å². The summed E-state index contributed by atoms with van der Waals surface area (Å²) in [6, 6.07) is 6.20. The summed E-state index contributed by atoms with van der Waals surface area (Å²) in [7, 11) is 1.71. The van der Waals surface area contributed by atoms with Crippen LogP contribution in [0.4, 0.5) is 0 Å². The van der Waals surface area contributed by atoms with E-state index in [0.29, 0.717) is 0 Å². The minimum Gasteiger partial charge on any atom is -0.441 e. The van der Waals surface area contributed by atoms with Crippen LogP contribution in [0.2, 0.25) is 0 Å². The van der Waals surface area contributed by atoms with Crippen LogP contribution in [-0.2, 0) is 11.2 Å². The van der Waals surface area contributed by atoms with Crippen LogP contribution in [0.15, 0.2) is 33.3 Å². The van der Waals surface area contributed by atoms with Gasteiger partial charge in [0.2, 0.25) is 0 Å². The molecule has 0 amide bonds. The van der Waals surface area contributed by atoms with Crippen molar-refractivity contribution in [2.24, 2.45) is 0 Å². The highest BCUT2D eigenvalue weighted by Crippen LogP contribution is 2.29. The van der Waals surface area contributed by atoms with Gasteiger partial charge in [-0.1, -0.05) is 27.6 Å². The SMILES string of the molecule is COCCNCCCc1ncc(-c2cc(C)ccc2Br)o1. The van der Waals surface area contributed by atoms with Gasteiger partial charge in [0.15, 0.2) is 11.7 Å². The van der Waals surface area contributed by atoms with Gasteiger partial charge in [-0.05, 0) is 32.0 Å². The Kier molecular flexibility index (Phi) is 6.42. The molecule has 5 heteroatoms. The number of nitrogens with zero attached hydrogens (tertiary/aromatic N) is 1. The monoisotopic (exact) mass is 352 g/mol. The first kappa shape index (κ1) is 16.2. The van der Waals surface area contributed by atoms with Crippen LogP contribution in [0, 0.1) is 6.92 Å². The number of aryl methyl sites for hydroxylation is 2. The lowest BCUT2D eigenvalue weighted by Crippen LogP contribution is -2.20. The number of hydrogen-bond donors (Lipinski definition) is 1. The molecule has 0 radical (unpaired) electrons. The highest BCUT2D eigenvalue weighted by atomic mass is 79.9. The van der Waals surface area contributed by atoms with Crippen molar-refractivity contribution in [2.45, 2.75) is 19.8 Å². The van der Waals surface area contributed by atoms with Crippen LogP contribution >= 0.6 is 15.9 Å². The lowest BCUT2D eigenvalue weighted by Gasteiger charge is -2.03. The van der Waals surface area contributed by atoms with Gasteiger partial charge in [0, 0.05) is 30.1 Å². The summed E-state index contributed by atoms with van der Waals surface area (Å²) < 4.78 is 11.8. The van der Waals surface area contributed by atoms with Gasteiger partial charge in [0.1, 0.15) is 0 Å². The molecule has 0 bridgehead atoms. The number of oxazole rings is 1. The molecule has 0 saturated carbocycles. The molecule has 0 aliphatic heterocycles. The fourth-order valence-corrected chi connectivity index (χ4v) is 2.48. The molecule has 2 aromatic rings. The Morgan fingerprint density at radius 1 is 1.33 bits per heavy atom. The number of ether oxygens (including phenoxy) is 1. The average Bonchev–Trinajstić information content (AvgIpc) is 2.94. The summed E-state index contributed by atoms with van der Waals surface area (Å²) >= 11 is 3.55. The molecule has 0 fully saturated rings. The Balaban J connectivity index is 1.88. The van der Waals surface area contributed by atoms with Gasteiger partial charge >= 0.3 is 0 Å². The molecule has 0 unspecified atom stereocenters. The predicted molar refractivity (Wildman–Crippen MR) is 87.4 cm³/mol. The fraction of sp³-hybridized carbons (Fsp3) is 0.438.